The van der Waals surface area contributed by atoms with Crippen LogP contribution in [0.2, 0.25) is 0 Å². The fraction of sp³-hybridized carbons (Fsp3) is 0.417. The Morgan fingerprint density at radius 3 is 1.86 bits per heavy atom. The highest BCUT2D eigenvalue weighted by Crippen LogP contribution is 2.33. The second-order valence-electron chi connectivity index (χ2n) is 4.76. The SMILES string of the molecule is CC(C)(SCc1c(F)c(F)c(F)c(F)c1F)[C@H](N)C(=O)O. The summed E-state index contributed by atoms with van der Waals surface area (Å²) in [5.41, 5.74) is 4.39. The lowest BCUT2D eigenvalue weighted by Gasteiger charge is -2.28. The zero-order chi connectivity index (χ0) is 16.5. The first-order valence-electron chi connectivity index (χ1n) is 5.63. The number of thioether (sulfide) groups is 1. The lowest BCUT2D eigenvalue weighted by molar-refractivity contribution is -0.139. The number of benzene rings is 1. The molecular weight excluding hydrogens is 317 g/mol. The molecular formula is C12H12F5NO2S. The zero-order valence-electron chi connectivity index (χ0n) is 11.0. The van der Waals surface area contributed by atoms with Crippen molar-refractivity contribution in [1.29, 1.82) is 0 Å². The number of aliphatic carboxylic acids is 1. The molecule has 0 aliphatic carbocycles. The van der Waals surface area contributed by atoms with Crippen molar-refractivity contribution in [2.45, 2.75) is 30.4 Å². The van der Waals surface area contributed by atoms with Crippen molar-refractivity contribution in [1.82, 2.24) is 0 Å². The molecule has 21 heavy (non-hydrogen) atoms. The quantitative estimate of drug-likeness (QED) is 0.495. The van der Waals surface area contributed by atoms with E-state index in [9.17, 15) is 26.7 Å². The third kappa shape index (κ3) is 3.46. The van der Waals surface area contributed by atoms with Gasteiger partial charge in [-0.1, -0.05) is 0 Å². The van der Waals surface area contributed by atoms with E-state index in [4.69, 9.17) is 10.8 Å². The minimum atomic E-state index is -2.24. The van der Waals surface area contributed by atoms with Crippen LogP contribution in [-0.2, 0) is 10.5 Å². The van der Waals surface area contributed by atoms with Crippen LogP contribution in [0.4, 0.5) is 22.0 Å². The van der Waals surface area contributed by atoms with Crippen molar-refractivity contribution < 1.29 is 31.9 Å². The third-order valence-electron chi connectivity index (χ3n) is 2.90. The first-order valence-corrected chi connectivity index (χ1v) is 6.62. The molecule has 0 saturated heterocycles. The molecule has 0 fully saturated rings. The van der Waals surface area contributed by atoms with Gasteiger partial charge in [0.15, 0.2) is 23.3 Å². The van der Waals surface area contributed by atoms with E-state index in [1.165, 1.54) is 13.8 Å². The number of hydrogen-bond donors (Lipinski definition) is 2. The van der Waals surface area contributed by atoms with Crippen LogP contribution in [-0.4, -0.2) is 21.9 Å². The van der Waals surface area contributed by atoms with Crippen LogP contribution < -0.4 is 5.73 Å². The summed E-state index contributed by atoms with van der Waals surface area (Å²) >= 11 is 0.678. The molecule has 0 aromatic heterocycles. The summed E-state index contributed by atoms with van der Waals surface area (Å²) < 4.78 is 64.7. The molecule has 3 N–H and O–H groups in total. The van der Waals surface area contributed by atoms with Gasteiger partial charge in [0, 0.05) is 16.1 Å². The molecule has 1 aromatic carbocycles. The van der Waals surface area contributed by atoms with E-state index in [-0.39, 0.29) is 0 Å². The molecule has 0 aliphatic heterocycles. The van der Waals surface area contributed by atoms with E-state index in [1.807, 2.05) is 0 Å². The highest BCUT2D eigenvalue weighted by Gasteiger charge is 2.34. The summed E-state index contributed by atoms with van der Waals surface area (Å²) in [4.78, 5) is 10.8. The number of hydrogen-bond acceptors (Lipinski definition) is 3. The summed E-state index contributed by atoms with van der Waals surface area (Å²) in [6, 6.07) is -1.37. The molecule has 0 saturated carbocycles. The maximum Gasteiger partial charge on any atom is 0.321 e. The first kappa shape index (κ1) is 17.7. The van der Waals surface area contributed by atoms with Gasteiger partial charge in [-0.15, -0.1) is 11.8 Å². The van der Waals surface area contributed by atoms with Gasteiger partial charge in [0.1, 0.15) is 6.04 Å². The van der Waals surface area contributed by atoms with E-state index in [1.54, 1.807) is 0 Å². The highest BCUT2D eigenvalue weighted by atomic mass is 32.2. The number of rotatable bonds is 5. The van der Waals surface area contributed by atoms with Gasteiger partial charge in [-0.2, -0.15) is 0 Å². The normalized spacial score (nSPS) is 13.3. The Hall–Kier alpha value is -1.35. The van der Waals surface area contributed by atoms with Crippen molar-refractivity contribution in [3.8, 4) is 0 Å². The predicted molar refractivity (Wildman–Crippen MR) is 67.2 cm³/mol. The van der Waals surface area contributed by atoms with Crippen molar-refractivity contribution in [3.05, 3.63) is 34.6 Å². The molecule has 0 spiro atoms. The van der Waals surface area contributed by atoms with Crippen LogP contribution in [0.15, 0.2) is 0 Å². The molecule has 3 nitrogen and oxygen atoms in total. The number of carboxylic acid groups (broad SMARTS) is 1. The highest BCUT2D eigenvalue weighted by molar-refractivity contribution is 7.99. The monoisotopic (exact) mass is 329 g/mol. The van der Waals surface area contributed by atoms with Crippen LogP contribution in [0.1, 0.15) is 19.4 Å². The lowest BCUT2D eigenvalue weighted by atomic mass is 10.1. The van der Waals surface area contributed by atoms with E-state index in [2.05, 4.69) is 0 Å². The first-order chi connectivity index (χ1) is 9.50. The summed E-state index contributed by atoms with van der Waals surface area (Å²) in [5, 5.41) is 8.79. The molecule has 0 bridgehead atoms. The molecule has 0 amide bonds. The topological polar surface area (TPSA) is 63.3 Å². The Kier molecular flexibility index (Phi) is 5.21. The van der Waals surface area contributed by atoms with E-state index >= 15 is 0 Å². The van der Waals surface area contributed by atoms with E-state index in [0.29, 0.717) is 11.8 Å². The molecule has 1 atom stereocenters. The zero-order valence-corrected chi connectivity index (χ0v) is 11.8. The molecule has 9 heteroatoms. The molecule has 0 aliphatic rings. The smallest absolute Gasteiger partial charge is 0.321 e. The third-order valence-corrected chi connectivity index (χ3v) is 4.34. The largest absolute Gasteiger partial charge is 0.480 e. The minimum Gasteiger partial charge on any atom is -0.480 e. The van der Waals surface area contributed by atoms with Gasteiger partial charge in [0.2, 0.25) is 5.82 Å². The Labute approximate surface area is 121 Å². The Morgan fingerprint density at radius 1 is 1.10 bits per heavy atom. The average molecular weight is 329 g/mol. The fourth-order valence-corrected chi connectivity index (χ4v) is 2.47. The standard InChI is InChI=1S/C12H12F5NO2S/c1-12(2,10(18)11(19)20)21-3-4-5(13)7(15)9(17)8(16)6(4)14/h10H,3,18H2,1-2H3,(H,19,20)/t10-/m1/s1. The number of carbonyl (C=O) groups is 1. The maximum atomic E-state index is 13.5. The Balaban J connectivity index is 3.08. The molecule has 0 heterocycles. The Bertz CT molecular complexity index is 550. The van der Waals surface area contributed by atoms with Crippen molar-refractivity contribution in [2.75, 3.05) is 0 Å². The predicted octanol–water partition coefficient (Wildman–Crippen LogP) is 2.81. The summed E-state index contributed by atoms with van der Waals surface area (Å²) in [6.07, 6.45) is 0. The summed E-state index contributed by atoms with van der Waals surface area (Å²) in [5.74, 6) is -12.1. The van der Waals surface area contributed by atoms with Crippen molar-refractivity contribution in [3.63, 3.8) is 0 Å². The maximum absolute atomic E-state index is 13.5. The molecule has 1 rings (SSSR count). The van der Waals surface area contributed by atoms with Gasteiger partial charge in [0.05, 0.1) is 0 Å². The van der Waals surface area contributed by atoms with Crippen LogP contribution in [0.25, 0.3) is 0 Å². The van der Waals surface area contributed by atoms with Crippen LogP contribution in [0.3, 0.4) is 0 Å². The fourth-order valence-electron chi connectivity index (χ4n) is 1.42. The second kappa shape index (κ2) is 6.18. The van der Waals surface area contributed by atoms with Gasteiger partial charge >= 0.3 is 5.97 Å². The minimum absolute atomic E-state index is 0.611. The van der Waals surface area contributed by atoms with E-state index in [0.717, 1.165) is 0 Å². The van der Waals surface area contributed by atoms with Crippen LogP contribution >= 0.6 is 11.8 Å². The van der Waals surface area contributed by atoms with Gasteiger partial charge in [0.25, 0.3) is 0 Å². The second-order valence-corrected chi connectivity index (χ2v) is 6.39. The number of nitrogens with two attached hydrogens (primary N) is 1. The van der Waals surface area contributed by atoms with Gasteiger partial charge in [-0.05, 0) is 13.8 Å². The molecule has 1 aromatic rings. The van der Waals surface area contributed by atoms with E-state index < -0.39 is 57.2 Å². The summed E-state index contributed by atoms with van der Waals surface area (Å²) in [6.45, 7) is 2.78. The summed E-state index contributed by atoms with van der Waals surface area (Å²) in [7, 11) is 0. The Morgan fingerprint density at radius 2 is 1.48 bits per heavy atom. The lowest BCUT2D eigenvalue weighted by Crippen LogP contribution is -2.46. The van der Waals surface area contributed by atoms with Gasteiger partial charge in [-0.25, -0.2) is 22.0 Å². The molecule has 118 valence electrons. The average Bonchev–Trinajstić information content (AvgIpc) is 2.41. The molecule has 0 radical (unpaired) electrons. The van der Waals surface area contributed by atoms with Gasteiger partial charge < -0.3 is 10.8 Å². The van der Waals surface area contributed by atoms with Crippen LogP contribution in [0, 0.1) is 29.1 Å². The van der Waals surface area contributed by atoms with Crippen molar-refractivity contribution in [2.24, 2.45) is 5.73 Å². The van der Waals surface area contributed by atoms with Gasteiger partial charge in [-0.3, -0.25) is 4.79 Å². The van der Waals surface area contributed by atoms with Crippen LogP contribution in [0.5, 0.6) is 0 Å². The molecule has 0 unspecified atom stereocenters. The number of halogens is 5. The number of carboxylic acids is 1. The van der Waals surface area contributed by atoms with Crippen molar-refractivity contribution >= 4 is 17.7 Å².